The highest BCUT2D eigenvalue weighted by Gasteiger charge is 2.12. The van der Waals surface area contributed by atoms with Gasteiger partial charge in [0, 0.05) is 10.6 Å². The fourth-order valence-electron chi connectivity index (χ4n) is 1.64. The normalized spacial score (nSPS) is 10.0. The smallest absolute Gasteiger partial charge is 0.341 e. The van der Waals surface area contributed by atoms with Gasteiger partial charge in [-0.3, -0.25) is 0 Å². The van der Waals surface area contributed by atoms with E-state index < -0.39 is 5.97 Å². The predicted octanol–water partition coefficient (Wildman–Crippen LogP) is 3.71. The van der Waals surface area contributed by atoms with Crippen molar-refractivity contribution in [2.24, 2.45) is 0 Å². The number of hydrogen-bond acceptors (Lipinski definition) is 3. The fourth-order valence-corrected chi connectivity index (χ4v) is 1.83. The van der Waals surface area contributed by atoms with Gasteiger partial charge in [-0.25, -0.2) is 4.79 Å². The maximum absolute atomic E-state index is 11.6. The van der Waals surface area contributed by atoms with Crippen molar-refractivity contribution in [3.05, 3.63) is 64.7 Å². The lowest BCUT2D eigenvalue weighted by atomic mass is 10.2. The maximum Gasteiger partial charge on any atom is 0.341 e. The Labute approximate surface area is 116 Å². The number of halogens is 1. The minimum atomic E-state index is -0.422. The minimum Gasteiger partial charge on any atom is -0.488 e. The van der Waals surface area contributed by atoms with Crippen LogP contribution in [0.5, 0.6) is 5.75 Å². The summed E-state index contributed by atoms with van der Waals surface area (Å²) < 4.78 is 10.3. The summed E-state index contributed by atoms with van der Waals surface area (Å²) in [4.78, 5) is 11.6. The van der Waals surface area contributed by atoms with Crippen molar-refractivity contribution >= 4 is 17.6 Å². The molecular weight excluding hydrogens is 264 g/mol. The number of ether oxygens (including phenoxy) is 2. The van der Waals surface area contributed by atoms with Gasteiger partial charge in [-0.05, 0) is 18.2 Å². The molecule has 0 bridgehead atoms. The van der Waals surface area contributed by atoms with Crippen molar-refractivity contribution in [3.8, 4) is 5.75 Å². The first-order valence-electron chi connectivity index (χ1n) is 5.76. The van der Waals surface area contributed by atoms with Gasteiger partial charge in [0.05, 0.1) is 7.11 Å². The van der Waals surface area contributed by atoms with Crippen LogP contribution in [-0.4, -0.2) is 13.1 Å². The second-order valence-corrected chi connectivity index (χ2v) is 4.28. The number of carbonyl (C=O) groups excluding carboxylic acids is 1. The van der Waals surface area contributed by atoms with Gasteiger partial charge in [0.1, 0.15) is 17.9 Å². The quantitative estimate of drug-likeness (QED) is 0.799. The highest BCUT2D eigenvalue weighted by atomic mass is 35.5. The Morgan fingerprint density at radius 3 is 2.53 bits per heavy atom. The van der Waals surface area contributed by atoms with Crippen molar-refractivity contribution in [1.82, 2.24) is 0 Å². The zero-order chi connectivity index (χ0) is 13.7. The number of rotatable bonds is 4. The van der Waals surface area contributed by atoms with Crippen LogP contribution in [0.25, 0.3) is 0 Å². The molecule has 0 saturated heterocycles. The van der Waals surface area contributed by atoms with E-state index in [2.05, 4.69) is 0 Å². The van der Waals surface area contributed by atoms with Crippen LogP contribution in [0.15, 0.2) is 48.5 Å². The second kappa shape index (κ2) is 6.25. The molecule has 0 N–H and O–H groups in total. The molecule has 98 valence electrons. The van der Waals surface area contributed by atoms with Crippen LogP contribution in [0.1, 0.15) is 15.9 Å². The van der Waals surface area contributed by atoms with Gasteiger partial charge in [0.2, 0.25) is 0 Å². The van der Waals surface area contributed by atoms with E-state index in [1.54, 1.807) is 30.3 Å². The number of benzene rings is 2. The molecule has 0 unspecified atom stereocenters. The number of carbonyl (C=O) groups is 1. The van der Waals surface area contributed by atoms with Crippen LogP contribution in [0, 0.1) is 0 Å². The maximum atomic E-state index is 11.6. The SMILES string of the molecule is COC(=O)c1ccccc1OCc1ccccc1Cl. The molecule has 0 heterocycles. The monoisotopic (exact) mass is 276 g/mol. The first kappa shape index (κ1) is 13.4. The zero-order valence-electron chi connectivity index (χ0n) is 10.4. The van der Waals surface area contributed by atoms with Crippen molar-refractivity contribution in [3.63, 3.8) is 0 Å². The Bertz CT molecular complexity index is 581. The third kappa shape index (κ3) is 3.26. The van der Waals surface area contributed by atoms with Crippen LogP contribution >= 0.6 is 11.6 Å². The predicted molar refractivity (Wildman–Crippen MR) is 73.6 cm³/mol. The molecule has 0 aromatic heterocycles. The summed E-state index contributed by atoms with van der Waals surface area (Å²) in [7, 11) is 1.34. The van der Waals surface area contributed by atoms with E-state index in [9.17, 15) is 4.79 Å². The Hall–Kier alpha value is -2.00. The molecule has 0 radical (unpaired) electrons. The van der Waals surface area contributed by atoms with Gasteiger partial charge < -0.3 is 9.47 Å². The number of para-hydroxylation sites is 1. The lowest BCUT2D eigenvalue weighted by Gasteiger charge is -2.10. The molecule has 0 atom stereocenters. The highest BCUT2D eigenvalue weighted by molar-refractivity contribution is 6.31. The van der Waals surface area contributed by atoms with Crippen molar-refractivity contribution in [2.75, 3.05) is 7.11 Å². The lowest BCUT2D eigenvalue weighted by molar-refractivity contribution is 0.0595. The van der Waals surface area contributed by atoms with Gasteiger partial charge in [-0.1, -0.05) is 41.9 Å². The van der Waals surface area contributed by atoms with E-state index >= 15 is 0 Å². The molecule has 0 spiro atoms. The van der Waals surface area contributed by atoms with Gasteiger partial charge in [-0.2, -0.15) is 0 Å². The molecule has 4 heteroatoms. The molecule has 19 heavy (non-hydrogen) atoms. The van der Waals surface area contributed by atoms with Crippen LogP contribution in [0.3, 0.4) is 0 Å². The van der Waals surface area contributed by atoms with Crippen LogP contribution in [-0.2, 0) is 11.3 Å². The highest BCUT2D eigenvalue weighted by Crippen LogP contribution is 2.22. The molecule has 0 saturated carbocycles. The number of hydrogen-bond donors (Lipinski definition) is 0. The molecule has 0 aliphatic heterocycles. The van der Waals surface area contributed by atoms with Crippen molar-refractivity contribution in [1.29, 1.82) is 0 Å². The van der Waals surface area contributed by atoms with Gasteiger partial charge in [-0.15, -0.1) is 0 Å². The van der Waals surface area contributed by atoms with Crippen molar-refractivity contribution < 1.29 is 14.3 Å². The number of esters is 1. The molecule has 2 aromatic rings. The third-order valence-electron chi connectivity index (χ3n) is 2.63. The molecule has 0 aliphatic rings. The Balaban J connectivity index is 2.16. The molecular formula is C15H13ClO3. The standard InChI is InChI=1S/C15H13ClO3/c1-18-15(17)12-7-3-5-9-14(12)19-10-11-6-2-4-8-13(11)16/h2-9H,10H2,1H3. The summed E-state index contributed by atoms with van der Waals surface area (Å²) in [5.41, 5.74) is 1.26. The zero-order valence-corrected chi connectivity index (χ0v) is 11.2. The van der Waals surface area contributed by atoms with E-state index in [1.807, 2.05) is 18.2 Å². The van der Waals surface area contributed by atoms with Crippen LogP contribution in [0.2, 0.25) is 5.02 Å². The Morgan fingerprint density at radius 1 is 1.11 bits per heavy atom. The largest absolute Gasteiger partial charge is 0.488 e. The van der Waals surface area contributed by atoms with E-state index in [0.29, 0.717) is 22.9 Å². The van der Waals surface area contributed by atoms with Crippen LogP contribution in [0.4, 0.5) is 0 Å². The average molecular weight is 277 g/mol. The molecule has 3 nitrogen and oxygen atoms in total. The number of methoxy groups -OCH3 is 1. The summed E-state index contributed by atoms with van der Waals surface area (Å²) in [5, 5.41) is 0.637. The Kier molecular flexibility index (Phi) is 4.42. The fraction of sp³-hybridized carbons (Fsp3) is 0.133. The van der Waals surface area contributed by atoms with Gasteiger partial charge in [0.25, 0.3) is 0 Å². The second-order valence-electron chi connectivity index (χ2n) is 3.87. The topological polar surface area (TPSA) is 35.5 Å². The lowest BCUT2D eigenvalue weighted by Crippen LogP contribution is -2.05. The summed E-state index contributed by atoms with van der Waals surface area (Å²) in [6, 6.07) is 14.4. The summed E-state index contributed by atoms with van der Waals surface area (Å²) in [6.07, 6.45) is 0. The molecule has 0 fully saturated rings. The summed E-state index contributed by atoms with van der Waals surface area (Å²) in [6.45, 7) is 0.299. The summed E-state index contributed by atoms with van der Waals surface area (Å²) >= 11 is 6.05. The average Bonchev–Trinajstić information content (AvgIpc) is 2.46. The molecule has 0 amide bonds. The van der Waals surface area contributed by atoms with E-state index in [4.69, 9.17) is 21.1 Å². The molecule has 2 rings (SSSR count). The minimum absolute atomic E-state index is 0.299. The van der Waals surface area contributed by atoms with Crippen molar-refractivity contribution in [2.45, 2.75) is 6.61 Å². The van der Waals surface area contributed by atoms with Crippen LogP contribution < -0.4 is 4.74 Å². The molecule has 0 aliphatic carbocycles. The van der Waals surface area contributed by atoms with E-state index in [-0.39, 0.29) is 0 Å². The van der Waals surface area contributed by atoms with E-state index in [1.165, 1.54) is 7.11 Å². The summed E-state index contributed by atoms with van der Waals surface area (Å²) in [5.74, 6) is 0.0593. The van der Waals surface area contributed by atoms with Gasteiger partial charge >= 0.3 is 5.97 Å². The third-order valence-corrected chi connectivity index (χ3v) is 3.00. The van der Waals surface area contributed by atoms with E-state index in [0.717, 1.165) is 5.56 Å². The first-order valence-corrected chi connectivity index (χ1v) is 6.13. The Morgan fingerprint density at radius 2 is 1.79 bits per heavy atom. The molecule has 2 aromatic carbocycles. The van der Waals surface area contributed by atoms with Gasteiger partial charge in [0.15, 0.2) is 0 Å². The first-order chi connectivity index (χ1) is 9.22.